The van der Waals surface area contributed by atoms with Crippen LogP contribution >= 0.6 is 0 Å². The fraction of sp³-hybridized carbons (Fsp3) is 0.556. The summed E-state index contributed by atoms with van der Waals surface area (Å²) < 4.78 is 0. The average molecular weight is 429 g/mol. The first-order valence-electron chi connectivity index (χ1n) is 10.9. The van der Waals surface area contributed by atoms with Gasteiger partial charge in [-0.05, 0) is 88.8 Å². The van der Waals surface area contributed by atoms with E-state index in [1.54, 1.807) is 55.4 Å². The summed E-state index contributed by atoms with van der Waals surface area (Å²) in [5.74, 6) is 0. The van der Waals surface area contributed by atoms with Crippen LogP contribution in [0.15, 0.2) is 36.4 Å². The summed E-state index contributed by atoms with van der Waals surface area (Å²) in [4.78, 5) is 0. The molecule has 0 aliphatic heterocycles. The Morgan fingerprint density at radius 2 is 0.516 bits per heavy atom. The molecule has 0 aliphatic carbocycles. The van der Waals surface area contributed by atoms with Crippen molar-refractivity contribution in [2.24, 2.45) is 0 Å². The SMILES string of the molecule is CC(C)(O)c1cc(C(C)(C)O)cc(C(C)(C)c2cc(C(C)(C)O)cc(C(C)(C)O)c2)c1. The van der Waals surface area contributed by atoms with E-state index >= 15 is 0 Å². The minimum Gasteiger partial charge on any atom is -0.386 e. The van der Waals surface area contributed by atoms with Gasteiger partial charge < -0.3 is 20.4 Å². The lowest BCUT2D eigenvalue weighted by Crippen LogP contribution is -2.27. The molecule has 0 fully saturated rings. The predicted molar refractivity (Wildman–Crippen MR) is 126 cm³/mol. The first-order valence-corrected chi connectivity index (χ1v) is 10.9. The predicted octanol–water partition coefficient (Wildman–Crippen LogP) is 4.92. The summed E-state index contributed by atoms with van der Waals surface area (Å²) in [7, 11) is 0. The molecule has 4 N–H and O–H groups in total. The van der Waals surface area contributed by atoms with Crippen molar-refractivity contribution < 1.29 is 20.4 Å². The Morgan fingerprint density at radius 1 is 0.355 bits per heavy atom. The van der Waals surface area contributed by atoms with Crippen LogP contribution in [0, 0.1) is 0 Å². The number of benzene rings is 2. The maximum atomic E-state index is 10.7. The molecule has 0 heterocycles. The maximum absolute atomic E-state index is 10.7. The molecule has 0 spiro atoms. The van der Waals surface area contributed by atoms with E-state index in [1.165, 1.54) is 0 Å². The summed E-state index contributed by atoms with van der Waals surface area (Å²) in [5.41, 5.74) is -0.0708. The highest BCUT2D eigenvalue weighted by molar-refractivity contribution is 5.47. The van der Waals surface area contributed by atoms with E-state index in [-0.39, 0.29) is 0 Å². The van der Waals surface area contributed by atoms with Crippen molar-refractivity contribution in [2.75, 3.05) is 0 Å². The molecule has 0 amide bonds. The molecular weight excluding hydrogens is 388 g/mol. The number of rotatable bonds is 6. The molecule has 0 atom stereocenters. The second-order valence-corrected chi connectivity index (χ2v) is 11.5. The molecule has 4 nitrogen and oxygen atoms in total. The standard InChI is InChI=1S/C27H40O4/c1-23(2,17-11-19(24(3,4)28)15-20(12-17)25(5,6)29)18-13-21(26(7,8)30)16-22(14-18)27(9,10)31/h11-16,28-31H,1-10H3. The van der Waals surface area contributed by atoms with E-state index in [1.807, 2.05) is 36.4 Å². The molecule has 172 valence electrons. The lowest BCUT2D eigenvalue weighted by atomic mass is 9.73. The van der Waals surface area contributed by atoms with E-state index < -0.39 is 27.8 Å². The van der Waals surface area contributed by atoms with Crippen molar-refractivity contribution in [3.63, 3.8) is 0 Å². The van der Waals surface area contributed by atoms with Gasteiger partial charge >= 0.3 is 0 Å². The van der Waals surface area contributed by atoms with Crippen molar-refractivity contribution in [2.45, 2.75) is 97.1 Å². The third kappa shape index (κ3) is 5.75. The van der Waals surface area contributed by atoms with Crippen molar-refractivity contribution in [3.05, 3.63) is 69.8 Å². The highest BCUT2D eigenvalue weighted by Crippen LogP contribution is 2.39. The molecule has 0 saturated carbocycles. The van der Waals surface area contributed by atoms with Gasteiger partial charge in [-0.25, -0.2) is 0 Å². The highest BCUT2D eigenvalue weighted by atomic mass is 16.3. The van der Waals surface area contributed by atoms with E-state index in [4.69, 9.17) is 0 Å². The molecule has 0 saturated heterocycles. The Kier molecular flexibility index (Phi) is 6.34. The van der Waals surface area contributed by atoms with Crippen LogP contribution in [0.1, 0.15) is 103 Å². The molecule has 31 heavy (non-hydrogen) atoms. The molecule has 0 bridgehead atoms. The Labute approximate surface area is 187 Å². The lowest BCUT2D eigenvalue weighted by Gasteiger charge is -2.33. The van der Waals surface area contributed by atoms with Crippen molar-refractivity contribution >= 4 is 0 Å². The molecule has 0 aliphatic rings. The van der Waals surface area contributed by atoms with Crippen LogP contribution in [0.25, 0.3) is 0 Å². The topological polar surface area (TPSA) is 80.9 Å². The zero-order chi connectivity index (χ0) is 24.2. The van der Waals surface area contributed by atoms with Crippen LogP contribution in [0.3, 0.4) is 0 Å². The smallest absolute Gasteiger partial charge is 0.0840 e. The maximum Gasteiger partial charge on any atom is 0.0840 e. The molecule has 0 unspecified atom stereocenters. The molecule has 0 aromatic heterocycles. The summed E-state index contributed by atoms with van der Waals surface area (Å²) in [6, 6.07) is 11.6. The van der Waals surface area contributed by atoms with E-state index in [0.29, 0.717) is 0 Å². The average Bonchev–Trinajstić information content (AvgIpc) is 2.58. The van der Waals surface area contributed by atoms with Gasteiger partial charge in [-0.3, -0.25) is 0 Å². The first-order chi connectivity index (χ1) is 13.6. The third-order valence-electron chi connectivity index (χ3n) is 6.14. The Balaban J connectivity index is 2.83. The van der Waals surface area contributed by atoms with Crippen LogP contribution in [0.4, 0.5) is 0 Å². The van der Waals surface area contributed by atoms with Crippen LogP contribution in [-0.4, -0.2) is 20.4 Å². The quantitative estimate of drug-likeness (QED) is 0.526. The molecule has 2 rings (SSSR count). The fourth-order valence-corrected chi connectivity index (χ4v) is 3.56. The number of hydrogen-bond acceptors (Lipinski definition) is 4. The van der Waals surface area contributed by atoms with Crippen molar-refractivity contribution in [1.82, 2.24) is 0 Å². The van der Waals surface area contributed by atoms with E-state index in [0.717, 1.165) is 33.4 Å². The largest absolute Gasteiger partial charge is 0.386 e. The van der Waals surface area contributed by atoms with Gasteiger partial charge in [0.25, 0.3) is 0 Å². The second kappa shape index (κ2) is 7.70. The lowest BCUT2D eigenvalue weighted by molar-refractivity contribution is 0.0707. The van der Waals surface area contributed by atoms with Gasteiger partial charge in [-0.1, -0.05) is 50.2 Å². The molecule has 4 heteroatoms. The molecule has 0 radical (unpaired) electrons. The van der Waals surface area contributed by atoms with Gasteiger partial charge in [0.05, 0.1) is 22.4 Å². The Morgan fingerprint density at radius 3 is 0.677 bits per heavy atom. The first kappa shape index (κ1) is 25.5. The van der Waals surface area contributed by atoms with Crippen molar-refractivity contribution in [1.29, 1.82) is 0 Å². The molecule has 2 aromatic carbocycles. The summed E-state index contributed by atoms with van der Waals surface area (Å²) in [6.45, 7) is 18.0. The third-order valence-corrected chi connectivity index (χ3v) is 6.14. The number of hydrogen-bond donors (Lipinski definition) is 4. The monoisotopic (exact) mass is 428 g/mol. The van der Waals surface area contributed by atoms with E-state index in [2.05, 4.69) is 13.8 Å². The summed E-state index contributed by atoms with van der Waals surface area (Å²) in [5, 5.41) is 42.8. The number of aliphatic hydroxyl groups is 4. The molecule has 2 aromatic rings. The van der Waals surface area contributed by atoms with Crippen LogP contribution in [0.5, 0.6) is 0 Å². The molecular formula is C27H40O4. The minimum absolute atomic E-state index is 0.525. The summed E-state index contributed by atoms with van der Waals surface area (Å²) in [6.07, 6.45) is 0. The van der Waals surface area contributed by atoms with Gasteiger partial charge in [-0.2, -0.15) is 0 Å². The van der Waals surface area contributed by atoms with Crippen LogP contribution in [-0.2, 0) is 27.8 Å². The van der Waals surface area contributed by atoms with Gasteiger partial charge in [0.2, 0.25) is 0 Å². The normalized spacial score (nSPS) is 14.1. The highest BCUT2D eigenvalue weighted by Gasteiger charge is 2.32. The Bertz CT molecular complexity index is 801. The van der Waals surface area contributed by atoms with Crippen LogP contribution in [0.2, 0.25) is 0 Å². The van der Waals surface area contributed by atoms with Gasteiger partial charge in [-0.15, -0.1) is 0 Å². The Hall–Kier alpha value is -1.72. The van der Waals surface area contributed by atoms with Crippen molar-refractivity contribution in [3.8, 4) is 0 Å². The minimum atomic E-state index is -1.07. The van der Waals surface area contributed by atoms with Gasteiger partial charge in [0.15, 0.2) is 0 Å². The van der Waals surface area contributed by atoms with Gasteiger partial charge in [0.1, 0.15) is 0 Å². The van der Waals surface area contributed by atoms with Crippen LogP contribution < -0.4 is 0 Å². The fourth-order valence-electron chi connectivity index (χ4n) is 3.56. The zero-order valence-corrected chi connectivity index (χ0v) is 20.8. The van der Waals surface area contributed by atoms with Gasteiger partial charge in [0, 0.05) is 5.41 Å². The second-order valence-electron chi connectivity index (χ2n) is 11.5. The van der Waals surface area contributed by atoms with E-state index in [9.17, 15) is 20.4 Å². The zero-order valence-electron chi connectivity index (χ0n) is 20.8. The summed E-state index contributed by atoms with van der Waals surface area (Å²) >= 11 is 0.